The van der Waals surface area contributed by atoms with Crippen molar-refractivity contribution in [3.63, 3.8) is 0 Å². The number of hydrogen-bond acceptors (Lipinski definition) is 3. The number of piperidine rings is 1. The van der Waals surface area contributed by atoms with Gasteiger partial charge in [-0.1, -0.05) is 18.2 Å². The molecule has 3 N–H and O–H groups in total. The average Bonchev–Trinajstić information content (AvgIpc) is 2.63. The highest BCUT2D eigenvalue weighted by Gasteiger charge is 2.13. The van der Waals surface area contributed by atoms with E-state index < -0.39 is 0 Å². The molecule has 2 amide bonds. The molecule has 1 heterocycles. The predicted molar refractivity (Wildman–Crippen MR) is 95.6 cm³/mol. The number of amides is 2. The number of para-hydroxylation sites is 1. The van der Waals surface area contributed by atoms with Gasteiger partial charge >= 0.3 is 6.03 Å². The number of urea groups is 1. The SMILES string of the molecule is O=C(NCC1CCNCC1)Nc1ccc(Oc2ccccc2)cc1. The molecule has 5 heteroatoms. The maximum atomic E-state index is 12.0. The topological polar surface area (TPSA) is 62.4 Å². The highest BCUT2D eigenvalue weighted by atomic mass is 16.5. The van der Waals surface area contributed by atoms with Gasteiger partial charge in [-0.2, -0.15) is 0 Å². The average molecular weight is 325 g/mol. The molecule has 0 saturated carbocycles. The summed E-state index contributed by atoms with van der Waals surface area (Å²) in [6, 6.07) is 16.8. The van der Waals surface area contributed by atoms with Gasteiger partial charge in [-0.15, -0.1) is 0 Å². The standard InChI is InChI=1S/C19H23N3O2/c23-19(21-14-15-10-12-20-13-11-15)22-16-6-8-18(9-7-16)24-17-4-2-1-3-5-17/h1-9,15,20H,10-14H2,(H2,21,22,23). The van der Waals surface area contributed by atoms with E-state index in [0.717, 1.165) is 49.7 Å². The molecular weight excluding hydrogens is 302 g/mol. The van der Waals surface area contributed by atoms with Crippen LogP contribution in [0.3, 0.4) is 0 Å². The first kappa shape index (κ1) is 16.3. The molecule has 3 rings (SSSR count). The lowest BCUT2D eigenvalue weighted by atomic mass is 9.98. The Morgan fingerprint density at radius 3 is 2.38 bits per heavy atom. The summed E-state index contributed by atoms with van der Waals surface area (Å²) in [7, 11) is 0. The molecule has 0 atom stereocenters. The molecule has 126 valence electrons. The maximum Gasteiger partial charge on any atom is 0.319 e. The summed E-state index contributed by atoms with van der Waals surface area (Å²) in [4.78, 5) is 12.0. The van der Waals surface area contributed by atoms with Crippen LogP contribution in [-0.2, 0) is 0 Å². The third-order valence-electron chi connectivity index (χ3n) is 4.10. The van der Waals surface area contributed by atoms with Crippen molar-refractivity contribution in [1.29, 1.82) is 0 Å². The Balaban J connectivity index is 1.45. The van der Waals surface area contributed by atoms with Crippen molar-refractivity contribution in [1.82, 2.24) is 10.6 Å². The van der Waals surface area contributed by atoms with Gasteiger partial charge in [0.25, 0.3) is 0 Å². The molecule has 2 aromatic carbocycles. The summed E-state index contributed by atoms with van der Waals surface area (Å²) >= 11 is 0. The van der Waals surface area contributed by atoms with E-state index in [2.05, 4.69) is 16.0 Å². The van der Waals surface area contributed by atoms with Crippen LogP contribution >= 0.6 is 0 Å². The first-order valence-electron chi connectivity index (χ1n) is 8.38. The van der Waals surface area contributed by atoms with Gasteiger partial charge in [0, 0.05) is 12.2 Å². The highest BCUT2D eigenvalue weighted by Crippen LogP contribution is 2.22. The van der Waals surface area contributed by atoms with Crippen LogP contribution < -0.4 is 20.7 Å². The minimum Gasteiger partial charge on any atom is -0.457 e. The Morgan fingerprint density at radius 2 is 1.67 bits per heavy atom. The third kappa shape index (κ3) is 4.99. The number of anilines is 1. The molecule has 0 unspecified atom stereocenters. The summed E-state index contributed by atoms with van der Waals surface area (Å²) < 4.78 is 5.73. The quantitative estimate of drug-likeness (QED) is 0.787. The van der Waals surface area contributed by atoms with Crippen molar-refractivity contribution in [2.75, 3.05) is 25.0 Å². The zero-order valence-electron chi connectivity index (χ0n) is 13.6. The minimum absolute atomic E-state index is 0.162. The fraction of sp³-hybridized carbons (Fsp3) is 0.316. The minimum atomic E-state index is -0.162. The largest absolute Gasteiger partial charge is 0.457 e. The molecule has 1 fully saturated rings. The normalized spacial score (nSPS) is 14.8. The van der Waals surface area contributed by atoms with Gasteiger partial charge in [0.2, 0.25) is 0 Å². The van der Waals surface area contributed by atoms with E-state index in [1.807, 2.05) is 54.6 Å². The Kier molecular flexibility index (Phi) is 5.69. The number of benzene rings is 2. The fourth-order valence-electron chi connectivity index (χ4n) is 2.73. The van der Waals surface area contributed by atoms with Crippen LogP contribution in [0.5, 0.6) is 11.5 Å². The summed E-state index contributed by atoms with van der Waals surface area (Å²) in [6.07, 6.45) is 2.23. The van der Waals surface area contributed by atoms with Gasteiger partial charge < -0.3 is 20.7 Å². The van der Waals surface area contributed by atoms with Gasteiger partial charge in [-0.25, -0.2) is 4.79 Å². The van der Waals surface area contributed by atoms with Gasteiger partial charge in [0.05, 0.1) is 0 Å². The number of carbonyl (C=O) groups is 1. The third-order valence-corrected chi connectivity index (χ3v) is 4.10. The van der Waals surface area contributed by atoms with Gasteiger partial charge in [0.1, 0.15) is 11.5 Å². The van der Waals surface area contributed by atoms with E-state index >= 15 is 0 Å². The highest BCUT2D eigenvalue weighted by molar-refractivity contribution is 5.89. The lowest BCUT2D eigenvalue weighted by Gasteiger charge is -2.22. The molecule has 0 radical (unpaired) electrons. The van der Waals surface area contributed by atoms with Crippen molar-refractivity contribution in [2.24, 2.45) is 5.92 Å². The zero-order valence-corrected chi connectivity index (χ0v) is 13.6. The van der Waals surface area contributed by atoms with E-state index in [1.54, 1.807) is 0 Å². The maximum absolute atomic E-state index is 12.0. The number of nitrogens with one attached hydrogen (secondary N) is 3. The van der Waals surface area contributed by atoms with Crippen molar-refractivity contribution in [3.05, 3.63) is 54.6 Å². The van der Waals surface area contributed by atoms with Crippen LogP contribution in [0.4, 0.5) is 10.5 Å². The number of hydrogen-bond donors (Lipinski definition) is 3. The van der Waals surface area contributed by atoms with Gasteiger partial charge in [0.15, 0.2) is 0 Å². The Bertz CT molecular complexity index is 637. The second kappa shape index (κ2) is 8.36. The second-order valence-electron chi connectivity index (χ2n) is 5.97. The smallest absolute Gasteiger partial charge is 0.319 e. The molecule has 5 nitrogen and oxygen atoms in total. The molecular formula is C19H23N3O2. The second-order valence-corrected chi connectivity index (χ2v) is 5.97. The predicted octanol–water partition coefficient (Wildman–Crippen LogP) is 3.60. The summed E-state index contributed by atoms with van der Waals surface area (Å²) in [6.45, 7) is 2.80. The summed E-state index contributed by atoms with van der Waals surface area (Å²) in [5.74, 6) is 2.10. The van der Waals surface area contributed by atoms with E-state index in [1.165, 1.54) is 0 Å². The zero-order chi connectivity index (χ0) is 16.6. The van der Waals surface area contributed by atoms with Crippen LogP contribution in [-0.4, -0.2) is 25.7 Å². The first-order valence-corrected chi connectivity index (χ1v) is 8.38. The molecule has 2 aromatic rings. The van der Waals surface area contributed by atoms with Gasteiger partial charge in [-0.3, -0.25) is 0 Å². The van der Waals surface area contributed by atoms with Crippen LogP contribution in [0, 0.1) is 5.92 Å². The van der Waals surface area contributed by atoms with Crippen LogP contribution in [0.1, 0.15) is 12.8 Å². The lowest BCUT2D eigenvalue weighted by molar-refractivity contribution is 0.248. The van der Waals surface area contributed by atoms with Crippen molar-refractivity contribution in [3.8, 4) is 11.5 Å². The van der Waals surface area contributed by atoms with E-state index in [9.17, 15) is 4.79 Å². The van der Waals surface area contributed by atoms with Gasteiger partial charge in [-0.05, 0) is 68.2 Å². The Hall–Kier alpha value is -2.53. The summed E-state index contributed by atoms with van der Waals surface area (Å²) in [5.41, 5.74) is 0.748. The Labute approximate surface area is 142 Å². The molecule has 0 aromatic heterocycles. The molecule has 1 saturated heterocycles. The van der Waals surface area contributed by atoms with E-state index in [-0.39, 0.29) is 6.03 Å². The molecule has 0 bridgehead atoms. The van der Waals surface area contributed by atoms with Crippen LogP contribution in [0.2, 0.25) is 0 Å². The number of rotatable bonds is 5. The molecule has 24 heavy (non-hydrogen) atoms. The molecule has 1 aliphatic rings. The number of ether oxygens (including phenoxy) is 1. The molecule has 0 spiro atoms. The van der Waals surface area contributed by atoms with E-state index in [0.29, 0.717) is 5.92 Å². The van der Waals surface area contributed by atoms with Crippen molar-refractivity contribution in [2.45, 2.75) is 12.8 Å². The molecule has 1 aliphatic heterocycles. The van der Waals surface area contributed by atoms with Crippen molar-refractivity contribution >= 4 is 11.7 Å². The lowest BCUT2D eigenvalue weighted by Crippen LogP contribution is -2.37. The van der Waals surface area contributed by atoms with E-state index in [4.69, 9.17) is 4.74 Å². The first-order chi connectivity index (χ1) is 11.8. The monoisotopic (exact) mass is 325 g/mol. The number of carbonyl (C=O) groups excluding carboxylic acids is 1. The molecule has 0 aliphatic carbocycles. The van der Waals surface area contributed by atoms with Crippen LogP contribution in [0.15, 0.2) is 54.6 Å². The van der Waals surface area contributed by atoms with Crippen molar-refractivity contribution < 1.29 is 9.53 Å². The fourth-order valence-corrected chi connectivity index (χ4v) is 2.73. The summed E-state index contributed by atoms with van der Waals surface area (Å²) in [5, 5.41) is 9.12. The van der Waals surface area contributed by atoms with Crippen LogP contribution in [0.25, 0.3) is 0 Å². The Morgan fingerprint density at radius 1 is 1.00 bits per heavy atom.